The summed E-state index contributed by atoms with van der Waals surface area (Å²) in [6.07, 6.45) is 0. The molecule has 0 saturated heterocycles. The van der Waals surface area contributed by atoms with Crippen LogP contribution in [0.2, 0.25) is 0 Å². The number of hydrogen-bond donors (Lipinski definition) is 0. The molecule has 2 nitrogen and oxygen atoms in total. The average Bonchev–Trinajstić information content (AvgIpc) is 2.66. The van der Waals surface area contributed by atoms with E-state index in [0.29, 0.717) is 0 Å². The van der Waals surface area contributed by atoms with Crippen molar-refractivity contribution in [3.8, 4) is 11.1 Å². The van der Waals surface area contributed by atoms with E-state index in [1.807, 2.05) is 32.2 Å². The highest BCUT2D eigenvalue weighted by molar-refractivity contribution is 5.78. The zero-order valence-electron chi connectivity index (χ0n) is 9.97. The largest absolute Gasteiger partial charge is 0.402 e. The SMILES string of the molecule is Cc1oc2cc(-c3ccccc3)ccc2[n+]1C. The highest BCUT2D eigenvalue weighted by Crippen LogP contribution is 2.23. The Labute approximate surface area is 100 Å². The first-order valence-corrected chi connectivity index (χ1v) is 5.70. The first-order valence-electron chi connectivity index (χ1n) is 5.70. The lowest BCUT2D eigenvalue weighted by molar-refractivity contribution is -0.657. The lowest BCUT2D eigenvalue weighted by atomic mass is 10.1. The first-order chi connectivity index (χ1) is 8.25. The van der Waals surface area contributed by atoms with E-state index in [1.54, 1.807) is 0 Å². The molecule has 2 heteroatoms. The Kier molecular flexibility index (Phi) is 2.22. The van der Waals surface area contributed by atoms with Gasteiger partial charge in [0.25, 0.3) is 5.52 Å². The second-order valence-corrected chi connectivity index (χ2v) is 4.23. The van der Waals surface area contributed by atoms with Gasteiger partial charge in [-0.05, 0) is 23.3 Å². The highest BCUT2D eigenvalue weighted by Gasteiger charge is 2.14. The van der Waals surface area contributed by atoms with Crippen LogP contribution in [0.3, 0.4) is 0 Å². The van der Waals surface area contributed by atoms with Crippen LogP contribution in [0, 0.1) is 6.92 Å². The molecule has 0 fully saturated rings. The van der Waals surface area contributed by atoms with E-state index in [9.17, 15) is 0 Å². The van der Waals surface area contributed by atoms with Gasteiger partial charge >= 0.3 is 5.89 Å². The third kappa shape index (κ3) is 1.62. The molecule has 0 spiro atoms. The molecule has 0 bridgehead atoms. The van der Waals surface area contributed by atoms with E-state index < -0.39 is 0 Å². The van der Waals surface area contributed by atoms with Gasteiger partial charge in [0, 0.05) is 6.07 Å². The fourth-order valence-electron chi connectivity index (χ4n) is 2.08. The van der Waals surface area contributed by atoms with E-state index in [-0.39, 0.29) is 0 Å². The molecular weight excluding hydrogens is 210 g/mol. The van der Waals surface area contributed by atoms with Crippen LogP contribution in [0.25, 0.3) is 22.2 Å². The van der Waals surface area contributed by atoms with Gasteiger partial charge in [0.1, 0.15) is 7.05 Å². The maximum absolute atomic E-state index is 5.72. The molecular formula is C15H14NO+. The van der Waals surface area contributed by atoms with Crippen molar-refractivity contribution < 1.29 is 8.98 Å². The minimum atomic E-state index is 0.921. The van der Waals surface area contributed by atoms with Crippen molar-refractivity contribution in [1.82, 2.24) is 0 Å². The molecule has 0 saturated carbocycles. The van der Waals surface area contributed by atoms with E-state index in [2.05, 4.69) is 34.9 Å². The number of nitrogens with zero attached hydrogens (tertiary/aromatic N) is 1. The molecule has 0 aliphatic heterocycles. The van der Waals surface area contributed by atoms with E-state index in [0.717, 1.165) is 17.0 Å². The van der Waals surface area contributed by atoms with Gasteiger partial charge in [-0.3, -0.25) is 0 Å². The predicted molar refractivity (Wildman–Crippen MR) is 67.6 cm³/mol. The van der Waals surface area contributed by atoms with Crippen molar-refractivity contribution in [2.24, 2.45) is 7.05 Å². The molecule has 17 heavy (non-hydrogen) atoms. The smallest absolute Gasteiger partial charge is 0.344 e. The highest BCUT2D eigenvalue weighted by atomic mass is 16.3. The summed E-state index contributed by atoms with van der Waals surface area (Å²) >= 11 is 0. The quantitative estimate of drug-likeness (QED) is 0.580. The number of oxazole rings is 1. The van der Waals surface area contributed by atoms with Crippen LogP contribution in [-0.4, -0.2) is 0 Å². The van der Waals surface area contributed by atoms with Crippen molar-refractivity contribution in [2.75, 3.05) is 0 Å². The van der Waals surface area contributed by atoms with Gasteiger partial charge in [0.05, 0.1) is 6.92 Å². The lowest BCUT2D eigenvalue weighted by Crippen LogP contribution is -2.28. The summed E-state index contributed by atoms with van der Waals surface area (Å²) in [4.78, 5) is 0. The minimum absolute atomic E-state index is 0.921. The van der Waals surface area contributed by atoms with Gasteiger partial charge in [-0.25, -0.2) is 0 Å². The predicted octanol–water partition coefficient (Wildman–Crippen LogP) is 3.23. The van der Waals surface area contributed by atoms with Crippen molar-refractivity contribution >= 4 is 11.1 Å². The molecule has 0 amide bonds. The van der Waals surface area contributed by atoms with Gasteiger partial charge in [-0.15, -0.1) is 0 Å². The van der Waals surface area contributed by atoms with Crippen LogP contribution in [0.15, 0.2) is 52.9 Å². The van der Waals surface area contributed by atoms with Crippen LogP contribution in [-0.2, 0) is 7.05 Å². The van der Waals surface area contributed by atoms with Gasteiger partial charge in [0.15, 0.2) is 0 Å². The summed E-state index contributed by atoms with van der Waals surface area (Å²) in [5.41, 5.74) is 4.46. The van der Waals surface area contributed by atoms with Crippen LogP contribution >= 0.6 is 0 Å². The summed E-state index contributed by atoms with van der Waals surface area (Å²) in [7, 11) is 2.02. The molecule has 0 radical (unpaired) electrons. The number of rotatable bonds is 1. The Morgan fingerprint density at radius 3 is 2.47 bits per heavy atom. The third-order valence-electron chi connectivity index (χ3n) is 3.16. The topological polar surface area (TPSA) is 17.0 Å². The molecule has 3 aromatic rings. The summed E-state index contributed by atoms with van der Waals surface area (Å²) in [5, 5.41) is 0. The maximum Gasteiger partial charge on any atom is 0.344 e. The molecule has 3 rings (SSSR count). The molecule has 1 aromatic heterocycles. The maximum atomic E-state index is 5.72. The van der Waals surface area contributed by atoms with Crippen LogP contribution < -0.4 is 4.57 Å². The Bertz CT molecular complexity index is 668. The third-order valence-corrected chi connectivity index (χ3v) is 3.16. The molecule has 2 aromatic carbocycles. The van der Waals surface area contributed by atoms with E-state index >= 15 is 0 Å². The monoisotopic (exact) mass is 224 g/mol. The molecule has 0 unspecified atom stereocenters. The number of benzene rings is 2. The molecule has 1 heterocycles. The Balaban J connectivity index is 2.21. The fraction of sp³-hybridized carbons (Fsp3) is 0.133. The zero-order valence-corrected chi connectivity index (χ0v) is 9.97. The number of hydrogen-bond acceptors (Lipinski definition) is 1. The van der Waals surface area contributed by atoms with Gasteiger partial charge < -0.3 is 4.42 Å². The van der Waals surface area contributed by atoms with E-state index in [1.165, 1.54) is 11.1 Å². The average molecular weight is 224 g/mol. The summed E-state index contributed by atoms with van der Waals surface area (Å²) < 4.78 is 7.78. The van der Waals surface area contributed by atoms with Crippen LogP contribution in [0.5, 0.6) is 0 Å². The van der Waals surface area contributed by atoms with Crippen molar-refractivity contribution in [3.05, 3.63) is 54.4 Å². The zero-order chi connectivity index (χ0) is 11.8. The van der Waals surface area contributed by atoms with Gasteiger partial charge in [-0.2, -0.15) is 4.57 Å². The minimum Gasteiger partial charge on any atom is -0.402 e. The summed E-state index contributed by atoms with van der Waals surface area (Å²) in [6.45, 7) is 1.97. The van der Waals surface area contributed by atoms with Crippen LogP contribution in [0.4, 0.5) is 0 Å². The Morgan fingerprint density at radius 1 is 0.941 bits per heavy atom. The number of aromatic nitrogens is 1. The number of fused-ring (bicyclic) bond motifs is 1. The molecule has 0 atom stereocenters. The Morgan fingerprint density at radius 2 is 1.71 bits per heavy atom. The fourth-order valence-corrected chi connectivity index (χ4v) is 2.08. The van der Waals surface area contributed by atoms with Crippen molar-refractivity contribution in [2.45, 2.75) is 6.92 Å². The first kappa shape index (κ1) is 10.1. The molecule has 0 aliphatic carbocycles. The van der Waals surface area contributed by atoms with Crippen molar-refractivity contribution in [3.63, 3.8) is 0 Å². The van der Waals surface area contributed by atoms with E-state index in [4.69, 9.17) is 4.42 Å². The molecule has 0 aliphatic rings. The van der Waals surface area contributed by atoms with Gasteiger partial charge in [-0.1, -0.05) is 30.3 Å². The summed E-state index contributed by atoms with van der Waals surface area (Å²) in [6, 6.07) is 16.7. The standard InChI is InChI=1S/C15H14NO/c1-11-16(2)14-9-8-13(10-15(14)17-11)12-6-4-3-5-7-12/h3-10H,1-2H3/q+1. The summed E-state index contributed by atoms with van der Waals surface area (Å²) in [5.74, 6) is 0.921. The van der Waals surface area contributed by atoms with Gasteiger partial charge in [0.2, 0.25) is 5.58 Å². The molecule has 0 N–H and O–H groups in total. The Hall–Kier alpha value is -2.09. The number of aryl methyl sites for hydroxylation is 2. The normalized spacial score (nSPS) is 10.9. The second-order valence-electron chi connectivity index (χ2n) is 4.23. The lowest BCUT2D eigenvalue weighted by Gasteiger charge is -1.98. The van der Waals surface area contributed by atoms with Crippen molar-refractivity contribution in [1.29, 1.82) is 0 Å². The van der Waals surface area contributed by atoms with Crippen LogP contribution in [0.1, 0.15) is 5.89 Å². The second kappa shape index (κ2) is 3.74. The molecule has 84 valence electrons.